The molecule has 116 valence electrons. The molecule has 0 spiro atoms. The van der Waals surface area contributed by atoms with Gasteiger partial charge in [-0.1, -0.05) is 12.8 Å². The molecule has 1 unspecified atom stereocenters. The lowest BCUT2D eigenvalue weighted by atomic mass is 9.84. The molecule has 0 aromatic rings. The molecular formula is C14H26ClN3O2. The Balaban J connectivity index is 0.00000200. The van der Waals surface area contributed by atoms with Crippen LogP contribution >= 0.6 is 12.4 Å². The van der Waals surface area contributed by atoms with Crippen molar-refractivity contribution in [1.29, 1.82) is 0 Å². The molecule has 1 aliphatic heterocycles. The van der Waals surface area contributed by atoms with Gasteiger partial charge in [0.1, 0.15) is 0 Å². The number of hydrogen-bond donors (Lipinski definition) is 2. The first-order valence-electron chi connectivity index (χ1n) is 7.25. The monoisotopic (exact) mass is 303 g/mol. The van der Waals surface area contributed by atoms with Crippen LogP contribution in [-0.2, 0) is 9.59 Å². The Labute approximate surface area is 127 Å². The van der Waals surface area contributed by atoms with Crippen LogP contribution < -0.4 is 10.6 Å². The number of amides is 2. The third kappa shape index (κ3) is 3.64. The summed E-state index contributed by atoms with van der Waals surface area (Å²) in [5.41, 5.74) is -0.356. The van der Waals surface area contributed by atoms with Gasteiger partial charge in [-0.3, -0.25) is 9.59 Å². The normalized spacial score (nSPS) is 24.0. The lowest BCUT2D eigenvalue weighted by Gasteiger charge is -2.31. The second-order valence-corrected chi connectivity index (χ2v) is 6.09. The fraction of sp³-hybridized carbons (Fsp3) is 0.857. The molecule has 2 rings (SSSR count). The molecule has 0 radical (unpaired) electrons. The predicted octanol–water partition coefficient (Wildman–Crippen LogP) is 0.782. The maximum absolute atomic E-state index is 12.4. The summed E-state index contributed by atoms with van der Waals surface area (Å²) in [5.74, 6) is 0.339. The number of rotatable bonds is 4. The largest absolute Gasteiger partial charge is 0.355 e. The van der Waals surface area contributed by atoms with Gasteiger partial charge in [-0.15, -0.1) is 12.4 Å². The zero-order valence-corrected chi connectivity index (χ0v) is 13.2. The van der Waals surface area contributed by atoms with E-state index < -0.39 is 0 Å². The van der Waals surface area contributed by atoms with Crippen LogP contribution in [0.25, 0.3) is 0 Å². The minimum atomic E-state index is -0.356. The molecule has 1 aliphatic carbocycles. The van der Waals surface area contributed by atoms with E-state index in [1.54, 1.807) is 19.0 Å². The summed E-state index contributed by atoms with van der Waals surface area (Å²) in [6.07, 6.45) is 4.86. The highest BCUT2D eigenvalue weighted by Gasteiger charge is 2.42. The van der Waals surface area contributed by atoms with Gasteiger partial charge in [0.15, 0.2) is 0 Å². The van der Waals surface area contributed by atoms with Crippen LogP contribution in [0.15, 0.2) is 0 Å². The summed E-state index contributed by atoms with van der Waals surface area (Å²) in [6.45, 7) is 2.18. The summed E-state index contributed by atoms with van der Waals surface area (Å²) in [4.78, 5) is 26.1. The molecule has 0 aromatic heterocycles. The second-order valence-electron chi connectivity index (χ2n) is 6.09. The van der Waals surface area contributed by atoms with Crippen molar-refractivity contribution < 1.29 is 9.59 Å². The highest BCUT2D eigenvalue weighted by molar-refractivity contribution is 5.85. The highest BCUT2D eigenvalue weighted by Crippen LogP contribution is 2.39. The Morgan fingerprint density at radius 3 is 2.45 bits per heavy atom. The number of nitrogens with one attached hydrogen (secondary N) is 2. The number of carbonyl (C=O) groups excluding carboxylic acids is 2. The van der Waals surface area contributed by atoms with Crippen molar-refractivity contribution in [2.45, 2.75) is 32.1 Å². The Morgan fingerprint density at radius 2 is 1.95 bits per heavy atom. The van der Waals surface area contributed by atoms with Crippen molar-refractivity contribution in [3.8, 4) is 0 Å². The number of hydrogen-bond acceptors (Lipinski definition) is 3. The molecular weight excluding hydrogens is 278 g/mol. The smallest absolute Gasteiger partial charge is 0.230 e. The second kappa shape index (κ2) is 7.27. The molecule has 0 aromatic carbocycles. The summed E-state index contributed by atoms with van der Waals surface area (Å²) in [7, 11) is 3.59. The van der Waals surface area contributed by atoms with Gasteiger partial charge in [0.25, 0.3) is 0 Å². The van der Waals surface area contributed by atoms with E-state index in [9.17, 15) is 9.59 Å². The van der Waals surface area contributed by atoms with Gasteiger partial charge in [-0.2, -0.15) is 0 Å². The summed E-state index contributed by atoms with van der Waals surface area (Å²) >= 11 is 0. The topological polar surface area (TPSA) is 61.4 Å². The van der Waals surface area contributed by atoms with Crippen LogP contribution in [0.3, 0.4) is 0 Å². The van der Waals surface area contributed by atoms with Crippen LogP contribution in [0.5, 0.6) is 0 Å². The summed E-state index contributed by atoms with van der Waals surface area (Å²) < 4.78 is 0. The van der Waals surface area contributed by atoms with E-state index in [0.717, 1.165) is 45.2 Å². The van der Waals surface area contributed by atoms with E-state index in [1.165, 1.54) is 0 Å². The van der Waals surface area contributed by atoms with Gasteiger partial charge < -0.3 is 15.5 Å². The number of carbonyl (C=O) groups is 2. The first kappa shape index (κ1) is 17.2. The van der Waals surface area contributed by atoms with Crippen molar-refractivity contribution in [2.24, 2.45) is 11.3 Å². The quantitative estimate of drug-likeness (QED) is 0.807. The molecule has 2 fully saturated rings. The van der Waals surface area contributed by atoms with Crippen molar-refractivity contribution in [3.63, 3.8) is 0 Å². The molecule has 1 heterocycles. The number of nitrogens with zero attached hydrogens (tertiary/aromatic N) is 1. The maximum Gasteiger partial charge on any atom is 0.230 e. The van der Waals surface area contributed by atoms with Crippen LogP contribution in [0.4, 0.5) is 0 Å². The molecule has 5 nitrogen and oxygen atoms in total. The first-order valence-corrected chi connectivity index (χ1v) is 7.25. The van der Waals surface area contributed by atoms with Gasteiger partial charge in [0.2, 0.25) is 11.8 Å². The molecule has 20 heavy (non-hydrogen) atoms. The zero-order valence-electron chi connectivity index (χ0n) is 12.4. The van der Waals surface area contributed by atoms with Crippen LogP contribution in [0.2, 0.25) is 0 Å². The van der Waals surface area contributed by atoms with Gasteiger partial charge >= 0.3 is 0 Å². The van der Waals surface area contributed by atoms with Gasteiger partial charge in [-0.25, -0.2) is 0 Å². The van der Waals surface area contributed by atoms with E-state index in [0.29, 0.717) is 6.54 Å². The molecule has 2 amide bonds. The van der Waals surface area contributed by atoms with E-state index in [4.69, 9.17) is 0 Å². The SMILES string of the molecule is CN(C)C(=O)C1(CNC(=O)C2CCNC2)CCCC1.Cl. The highest BCUT2D eigenvalue weighted by atomic mass is 35.5. The Bertz CT molecular complexity index is 348. The van der Waals surface area contributed by atoms with Crippen molar-refractivity contribution in [1.82, 2.24) is 15.5 Å². The maximum atomic E-state index is 12.4. The third-order valence-corrected chi connectivity index (χ3v) is 4.45. The predicted molar refractivity (Wildman–Crippen MR) is 80.8 cm³/mol. The van der Waals surface area contributed by atoms with Crippen LogP contribution in [0.1, 0.15) is 32.1 Å². The molecule has 1 saturated carbocycles. The minimum Gasteiger partial charge on any atom is -0.355 e. The average Bonchev–Trinajstić information content (AvgIpc) is 3.06. The van der Waals surface area contributed by atoms with Gasteiger partial charge in [0, 0.05) is 27.2 Å². The van der Waals surface area contributed by atoms with Crippen LogP contribution in [0, 0.1) is 11.3 Å². The van der Waals surface area contributed by atoms with Crippen LogP contribution in [-0.4, -0.2) is 50.4 Å². The standard InChI is InChI=1S/C14H25N3O2.ClH/c1-17(2)13(19)14(6-3-4-7-14)10-16-12(18)11-5-8-15-9-11;/h11,15H,3-10H2,1-2H3,(H,16,18);1H. The fourth-order valence-electron chi connectivity index (χ4n) is 3.27. The van der Waals surface area contributed by atoms with Gasteiger partial charge in [0.05, 0.1) is 11.3 Å². The molecule has 6 heteroatoms. The fourth-order valence-corrected chi connectivity index (χ4v) is 3.27. The zero-order chi connectivity index (χ0) is 13.9. The summed E-state index contributed by atoms with van der Waals surface area (Å²) in [6, 6.07) is 0. The molecule has 2 N–H and O–H groups in total. The van der Waals surface area contributed by atoms with Gasteiger partial charge in [-0.05, 0) is 25.8 Å². The molecule has 1 saturated heterocycles. The van der Waals surface area contributed by atoms with E-state index in [2.05, 4.69) is 10.6 Å². The van der Waals surface area contributed by atoms with E-state index in [-0.39, 0.29) is 35.6 Å². The molecule has 0 bridgehead atoms. The van der Waals surface area contributed by atoms with E-state index in [1.807, 2.05) is 0 Å². The Kier molecular flexibility index (Phi) is 6.27. The number of halogens is 1. The minimum absolute atomic E-state index is 0. The Morgan fingerprint density at radius 1 is 1.30 bits per heavy atom. The Hall–Kier alpha value is -0.810. The molecule has 2 aliphatic rings. The average molecular weight is 304 g/mol. The first-order chi connectivity index (χ1) is 9.05. The van der Waals surface area contributed by atoms with E-state index >= 15 is 0 Å². The van der Waals surface area contributed by atoms with Crippen molar-refractivity contribution >= 4 is 24.2 Å². The lowest BCUT2D eigenvalue weighted by Crippen LogP contribution is -2.47. The lowest BCUT2D eigenvalue weighted by molar-refractivity contribution is -0.139. The van der Waals surface area contributed by atoms with Crippen molar-refractivity contribution in [3.05, 3.63) is 0 Å². The summed E-state index contributed by atoms with van der Waals surface area (Å²) in [5, 5.41) is 6.21. The van der Waals surface area contributed by atoms with Crippen molar-refractivity contribution in [2.75, 3.05) is 33.7 Å². The molecule has 1 atom stereocenters. The third-order valence-electron chi connectivity index (χ3n) is 4.45.